The molecule has 7 nitrogen and oxygen atoms in total. The summed E-state index contributed by atoms with van der Waals surface area (Å²) in [5, 5.41) is 8.11. The number of methoxy groups -OCH3 is 1. The van der Waals surface area contributed by atoms with Crippen LogP contribution in [0, 0.1) is 0 Å². The Labute approximate surface area is 286 Å². The number of pyridine rings is 1. The maximum atomic E-state index is 13.9. The Morgan fingerprint density at radius 1 is 1.08 bits per heavy atom. The standard InChI is InChI=1S/C23H21F3N4O2S2.C9H8F3NS/c1-32-21(31)20-18-14(10-34-20)13(9-16(28-18)23(24,25)26)19-12-6-3-2-5-11(12)17(29-22(27)33)15-7-4-8-30(15)19;1-6(14)13-8-4-2-3-7(5-8)9(10,11)12/h2-7,9-10,15,17,19,22,29,33H,8,27H2,1H3;2-5H,1H3,(H,13,14). The van der Waals surface area contributed by atoms with Gasteiger partial charge in [0.1, 0.15) is 16.1 Å². The quantitative estimate of drug-likeness (QED) is 0.0416. The van der Waals surface area contributed by atoms with Crippen LogP contribution in [0.1, 0.15) is 56.6 Å². The number of esters is 1. The van der Waals surface area contributed by atoms with Crippen molar-refractivity contribution in [1.29, 1.82) is 0 Å². The number of anilines is 1. The Morgan fingerprint density at radius 3 is 2.42 bits per heavy atom. The summed E-state index contributed by atoms with van der Waals surface area (Å²) < 4.78 is 83.3. The number of benzene rings is 2. The van der Waals surface area contributed by atoms with Gasteiger partial charge in [0, 0.05) is 29.0 Å². The summed E-state index contributed by atoms with van der Waals surface area (Å²) in [5.41, 5.74) is 6.23. The number of rotatable bonds is 5. The van der Waals surface area contributed by atoms with E-state index in [-0.39, 0.29) is 22.5 Å². The summed E-state index contributed by atoms with van der Waals surface area (Å²) in [6, 6.07) is 12.8. The molecule has 4 unspecified atom stereocenters. The van der Waals surface area contributed by atoms with Crippen LogP contribution in [0.4, 0.5) is 32.0 Å². The highest BCUT2D eigenvalue weighted by molar-refractivity contribution is 7.80. The van der Waals surface area contributed by atoms with Crippen molar-refractivity contribution in [3.8, 4) is 0 Å². The molecule has 4 atom stereocenters. The van der Waals surface area contributed by atoms with Crippen molar-refractivity contribution in [2.45, 2.75) is 42.9 Å². The fraction of sp³-hybridized carbons (Fsp3) is 0.281. The van der Waals surface area contributed by atoms with Gasteiger partial charge in [-0.15, -0.1) is 24.0 Å². The van der Waals surface area contributed by atoms with Crippen LogP contribution in [0.5, 0.6) is 0 Å². The lowest BCUT2D eigenvalue weighted by Crippen LogP contribution is -2.50. The molecule has 0 fully saturated rings. The molecule has 2 aliphatic rings. The van der Waals surface area contributed by atoms with Crippen molar-refractivity contribution in [2.75, 3.05) is 19.0 Å². The van der Waals surface area contributed by atoms with Gasteiger partial charge in [-0.05, 0) is 47.9 Å². The van der Waals surface area contributed by atoms with Crippen molar-refractivity contribution in [3.63, 3.8) is 0 Å². The third kappa shape index (κ3) is 7.53. The first-order valence-corrected chi connectivity index (χ1v) is 16.1. The van der Waals surface area contributed by atoms with Gasteiger partial charge >= 0.3 is 18.3 Å². The van der Waals surface area contributed by atoms with E-state index in [9.17, 15) is 31.1 Å². The smallest absolute Gasteiger partial charge is 0.433 e. The molecule has 254 valence electrons. The second-order valence-corrected chi connectivity index (χ2v) is 13.0. The molecule has 0 saturated carbocycles. The number of alkyl halides is 6. The summed E-state index contributed by atoms with van der Waals surface area (Å²) in [6.07, 6.45) is -4.96. The van der Waals surface area contributed by atoms with Crippen LogP contribution in [0.25, 0.3) is 10.9 Å². The summed E-state index contributed by atoms with van der Waals surface area (Å²) >= 11 is 10.0. The Balaban J connectivity index is 0.000000271. The number of carbonyl (C=O) groups is 1. The molecule has 6 rings (SSSR count). The van der Waals surface area contributed by atoms with Crippen molar-refractivity contribution in [1.82, 2.24) is 15.2 Å². The first kappa shape index (κ1) is 35.8. The minimum Gasteiger partial charge on any atom is -0.465 e. The second kappa shape index (κ2) is 14.1. The highest BCUT2D eigenvalue weighted by Crippen LogP contribution is 2.48. The van der Waals surface area contributed by atoms with E-state index in [0.717, 1.165) is 40.7 Å². The number of thiol groups is 1. The molecular formula is C32H29F6N5O2S3. The van der Waals surface area contributed by atoms with Gasteiger partial charge in [-0.25, -0.2) is 9.78 Å². The Hall–Kier alpha value is -3.54. The van der Waals surface area contributed by atoms with Gasteiger partial charge in [0.2, 0.25) is 0 Å². The van der Waals surface area contributed by atoms with Gasteiger partial charge in [-0.3, -0.25) is 10.2 Å². The third-order valence-corrected chi connectivity index (χ3v) is 8.95. The first-order valence-electron chi connectivity index (χ1n) is 14.3. The average molecular weight is 726 g/mol. The van der Waals surface area contributed by atoms with Gasteiger partial charge in [0.15, 0.2) is 0 Å². The molecule has 2 aromatic heterocycles. The van der Waals surface area contributed by atoms with E-state index < -0.39 is 41.1 Å². The number of nitrogens with one attached hydrogen (secondary N) is 2. The topological polar surface area (TPSA) is 92.5 Å². The first-order chi connectivity index (χ1) is 22.6. The monoisotopic (exact) mass is 725 g/mol. The highest BCUT2D eigenvalue weighted by Gasteiger charge is 2.44. The molecule has 4 aromatic rings. The maximum Gasteiger partial charge on any atom is 0.433 e. The molecule has 0 bridgehead atoms. The summed E-state index contributed by atoms with van der Waals surface area (Å²) in [7, 11) is 1.19. The van der Waals surface area contributed by atoms with E-state index in [1.807, 2.05) is 36.4 Å². The van der Waals surface area contributed by atoms with Gasteiger partial charge < -0.3 is 15.8 Å². The fourth-order valence-electron chi connectivity index (χ4n) is 5.89. The SMILES string of the molecule is CC(=S)Nc1cccc(C(F)(F)F)c1.COC(=O)c1scc2c(C3c4ccccc4C(NC(N)S)C4C=CCN34)cc(C(F)(F)F)nc12. The zero-order valence-corrected chi connectivity index (χ0v) is 27.8. The number of thiophene rings is 1. The van der Waals surface area contributed by atoms with Crippen molar-refractivity contribution >= 4 is 63.7 Å². The highest BCUT2D eigenvalue weighted by atomic mass is 32.1. The Morgan fingerprint density at radius 2 is 1.79 bits per heavy atom. The molecule has 16 heteroatoms. The lowest BCUT2D eigenvalue weighted by atomic mass is 9.81. The van der Waals surface area contributed by atoms with Gasteiger partial charge in [-0.2, -0.15) is 26.3 Å². The molecular weight excluding hydrogens is 697 g/mol. The number of nitrogens with zero attached hydrogens (tertiary/aromatic N) is 2. The zero-order chi connectivity index (χ0) is 35.0. The molecule has 48 heavy (non-hydrogen) atoms. The van der Waals surface area contributed by atoms with Crippen LogP contribution in [-0.4, -0.2) is 46.0 Å². The average Bonchev–Trinajstić information content (AvgIpc) is 3.67. The molecule has 0 aliphatic carbocycles. The van der Waals surface area contributed by atoms with Gasteiger partial charge in [0.05, 0.1) is 35.3 Å². The molecule has 4 heterocycles. The second-order valence-electron chi connectivity index (χ2n) is 10.9. The number of halogens is 6. The van der Waals surface area contributed by atoms with Crippen LogP contribution in [0.2, 0.25) is 0 Å². The lowest BCUT2D eigenvalue weighted by Gasteiger charge is -2.45. The number of nitrogens with two attached hydrogens (primary N) is 1. The Kier molecular flexibility index (Phi) is 10.5. The van der Waals surface area contributed by atoms with Crippen LogP contribution < -0.4 is 16.4 Å². The summed E-state index contributed by atoms with van der Waals surface area (Å²) in [6.45, 7) is 2.15. The van der Waals surface area contributed by atoms with Crippen LogP contribution in [0.3, 0.4) is 0 Å². The Bertz CT molecular complexity index is 1860. The zero-order valence-electron chi connectivity index (χ0n) is 25.3. The van der Waals surface area contributed by atoms with E-state index in [4.69, 9.17) is 22.7 Å². The van der Waals surface area contributed by atoms with Crippen molar-refractivity contribution in [2.24, 2.45) is 5.73 Å². The van der Waals surface area contributed by atoms with E-state index in [0.29, 0.717) is 28.2 Å². The largest absolute Gasteiger partial charge is 0.465 e. The number of carbonyl (C=O) groups excluding carboxylic acids is 1. The molecule has 0 radical (unpaired) electrons. The minimum atomic E-state index is -4.68. The summed E-state index contributed by atoms with van der Waals surface area (Å²) in [4.78, 5) is 18.7. The van der Waals surface area contributed by atoms with E-state index in [2.05, 4.69) is 33.1 Å². The predicted molar refractivity (Wildman–Crippen MR) is 180 cm³/mol. The number of aromatic nitrogens is 1. The molecule has 2 aliphatic heterocycles. The lowest BCUT2D eigenvalue weighted by molar-refractivity contribution is -0.141. The van der Waals surface area contributed by atoms with Crippen LogP contribution in [0.15, 0.2) is 72.1 Å². The molecule has 0 spiro atoms. The van der Waals surface area contributed by atoms with Crippen molar-refractivity contribution in [3.05, 3.63) is 105 Å². The predicted octanol–water partition coefficient (Wildman–Crippen LogP) is 7.71. The molecule has 0 amide bonds. The number of hydrogen-bond donors (Lipinski definition) is 4. The van der Waals surface area contributed by atoms with Gasteiger partial charge in [0.25, 0.3) is 0 Å². The normalized spacial score (nSPS) is 19.6. The molecule has 2 aromatic carbocycles. The van der Waals surface area contributed by atoms with Gasteiger partial charge in [-0.1, -0.05) is 54.7 Å². The number of hydrogen-bond acceptors (Lipinski definition) is 9. The van der Waals surface area contributed by atoms with Crippen molar-refractivity contribution < 1.29 is 35.9 Å². The third-order valence-electron chi connectivity index (χ3n) is 7.75. The fourth-order valence-corrected chi connectivity index (χ4v) is 7.10. The summed E-state index contributed by atoms with van der Waals surface area (Å²) in [5.74, 6) is -0.713. The minimum absolute atomic E-state index is 0.000455. The molecule has 0 saturated heterocycles. The number of fused-ring (bicyclic) bond motifs is 3. The van der Waals surface area contributed by atoms with E-state index in [1.54, 1.807) is 12.3 Å². The molecule has 4 N–H and O–H groups in total. The van der Waals surface area contributed by atoms with Crippen LogP contribution >= 0.6 is 36.2 Å². The number of thiocarbonyl (C=S) groups is 1. The maximum absolute atomic E-state index is 13.9. The van der Waals surface area contributed by atoms with Crippen LogP contribution in [-0.2, 0) is 17.1 Å². The number of ether oxygens (including phenoxy) is 1. The van der Waals surface area contributed by atoms with E-state index >= 15 is 0 Å². The van der Waals surface area contributed by atoms with E-state index in [1.165, 1.54) is 19.2 Å².